The van der Waals surface area contributed by atoms with E-state index in [9.17, 15) is 9.59 Å². The van der Waals surface area contributed by atoms with E-state index in [1.807, 2.05) is 60.6 Å². The third-order valence-corrected chi connectivity index (χ3v) is 6.08. The second kappa shape index (κ2) is 8.47. The number of hydrogen-bond acceptors (Lipinski definition) is 5. The van der Waals surface area contributed by atoms with Crippen molar-refractivity contribution in [1.82, 2.24) is 10.6 Å². The Kier molecular flexibility index (Phi) is 6.45. The van der Waals surface area contributed by atoms with Crippen molar-refractivity contribution in [3.8, 4) is 0 Å². The SMILES string of the molecule is CC(C)(C)OC(=O)NCc1cc(B2OC(C)(C)C(C)(C)O2)cc(C(=O)NC2CCC2)c1. The molecule has 1 aromatic rings. The molecule has 2 N–H and O–H groups in total. The topological polar surface area (TPSA) is 85.9 Å². The van der Waals surface area contributed by atoms with E-state index in [1.165, 1.54) is 0 Å². The molecular weight excluding hydrogens is 395 g/mol. The van der Waals surface area contributed by atoms with Gasteiger partial charge in [0.15, 0.2) is 0 Å². The van der Waals surface area contributed by atoms with Gasteiger partial charge in [-0.15, -0.1) is 0 Å². The van der Waals surface area contributed by atoms with Crippen LogP contribution in [-0.4, -0.2) is 42.0 Å². The predicted molar refractivity (Wildman–Crippen MR) is 120 cm³/mol. The Morgan fingerprint density at radius 3 is 2.23 bits per heavy atom. The highest BCUT2D eigenvalue weighted by molar-refractivity contribution is 6.62. The maximum atomic E-state index is 12.8. The Morgan fingerprint density at radius 2 is 1.71 bits per heavy atom. The summed E-state index contributed by atoms with van der Waals surface area (Å²) in [5.41, 5.74) is 0.494. The predicted octanol–water partition coefficient (Wildman–Crippen LogP) is 3.29. The summed E-state index contributed by atoms with van der Waals surface area (Å²) in [5.74, 6) is -0.124. The Bertz CT molecular complexity index is 827. The van der Waals surface area contributed by atoms with Crippen LogP contribution in [0.1, 0.15) is 83.7 Å². The van der Waals surface area contributed by atoms with E-state index in [0.29, 0.717) is 5.56 Å². The first-order chi connectivity index (χ1) is 14.3. The van der Waals surface area contributed by atoms with E-state index in [1.54, 1.807) is 6.07 Å². The summed E-state index contributed by atoms with van der Waals surface area (Å²) in [4.78, 5) is 24.9. The van der Waals surface area contributed by atoms with Gasteiger partial charge in [0.1, 0.15) is 5.60 Å². The second-order valence-electron chi connectivity index (χ2n) is 10.5. The van der Waals surface area contributed by atoms with Crippen LogP contribution in [-0.2, 0) is 20.6 Å². The smallest absolute Gasteiger partial charge is 0.444 e. The van der Waals surface area contributed by atoms with Gasteiger partial charge in [-0.1, -0.05) is 6.07 Å². The average molecular weight is 430 g/mol. The van der Waals surface area contributed by atoms with Crippen molar-refractivity contribution in [1.29, 1.82) is 0 Å². The van der Waals surface area contributed by atoms with Crippen molar-refractivity contribution >= 4 is 24.6 Å². The van der Waals surface area contributed by atoms with Crippen LogP contribution in [0.2, 0.25) is 0 Å². The van der Waals surface area contributed by atoms with Gasteiger partial charge < -0.3 is 24.7 Å². The Balaban J connectivity index is 1.82. The molecule has 1 heterocycles. The molecule has 1 aliphatic heterocycles. The fourth-order valence-electron chi connectivity index (χ4n) is 3.38. The molecule has 1 saturated carbocycles. The Labute approximate surface area is 185 Å². The monoisotopic (exact) mass is 430 g/mol. The third kappa shape index (κ3) is 5.80. The minimum atomic E-state index is -0.596. The Morgan fingerprint density at radius 1 is 1.10 bits per heavy atom. The van der Waals surface area contributed by atoms with Crippen molar-refractivity contribution < 1.29 is 23.6 Å². The minimum absolute atomic E-state index is 0.124. The van der Waals surface area contributed by atoms with Crippen LogP contribution in [0, 0.1) is 0 Å². The maximum absolute atomic E-state index is 12.8. The van der Waals surface area contributed by atoms with Crippen LogP contribution in [0.15, 0.2) is 18.2 Å². The summed E-state index contributed by atoms with van der Waals surface area (Å²) < 4.78 is 17.7. The number of nitrogens with one attached hydrogen (secondary N) is 2. The Hall–Kier alpha value is -2.06. The zero-order chi connectivity index (χ0) is 23.0. The van der Waals surface area contributed by atoms with E-state index in [2.05, 4.69) is 10.6 Å². The van der Waals surface area contributed by atoms with Crippen molar-refractivity contribution in [3.05, 3.63) is 29.3 Å². The molecule has 0 spiro atoms. The fraction of sp³-hybridized carbons (Fsp3) is 0.652. The molecule has 0 atom stereocenters. The summed E-state index contributed by atoms with van der Waals surface area (Å²) in [6.45, 7) is 13.6. The van der Waals surface area contributed by atoms with E-state index in [0.717, 1.165) is 30.3 Å². The fourth-order valence-corrected chi connectivity index (χ4v) is 3.38. The van der Waals surface area contributed by atoms with Crippen LogP contribution >= 0.6 is 0 Å². The first-order valence-electron chi connectivity index (χ1n) is 11.0. The summed E-state index contributed by atoms with van der Waals surface area (Å²) in [5, 5.41) is 5.83. The average Bonchev–Trinajstić information content (AvgIpc) is 2.82. The van der Waals surface area contributed by atoms with Crippen LogP contribution in [0.3, 0.4) is 0 Å². The lowest BCUT2D eigenvalue weighted by molar-refractivity contribution is 0.00578. The van der Waals surface area contributed by atoms with Crippen LogP contribution < -0.4 is 16.1 Å². The van der Waals surface area contributed by atoms with Gasteiger partial charge in [-0.3, -0.25) is 4.79 Å². The lowest BCUT2D eigenvalue weighted by atomic mass is 9.77. The molecule has 31 heavy (non-hydrogen) atoms. The largest absolute Gasteiger partial charge is 0.494 e. The molecule has 2 amide bonds. The third-order valence-electron chi connectivity index (χ3n) is 6.08. The summed E-state index contributed by atoms with van der Waals surface area (Å²) in [6.07, 6.45) is 2.66. The van der Waals surface area contributed by atoms with Crippen LogP contribution in [0.25, 0.3) is 0 Å². The van der Waals surface area contributed by atoms with Gasteiger partial charge in [0.25, 0.3) is 5.91 Å². The molecule has 2 aliphatic rings. The number of carbonyl (C=O) groups excluding carboxylic acids is 2. The number of benzene rings is 1. The minimum Gasteiger partial charge on any atom is -0.444 e. The number of amides is 2. The van der Waals surface area contributed by atoms with Gasteiger partial charge in [0, 0.05) is 18.2 Å². The molecule has 0 bridgehead atoms. The highest BCUT2D eigenvalue weighted by Crippen LogP contribution is 2.36. The number of ether oxygens (including phenoxy) is 1. The molecule has 1 aromatic carbocycles. The highest BCUT2D eigenvalue weighted by atomic mass is 16.7. The second-order valence-corrected chi connectivity index (χ2v) is 10.5. The van der Waals surface area contributed by atoms with E-state index in [4.69, 9.17) is 14.0 Å². The van der Waals surface area contributed by atoms with E-state index < -0.39 is 30.0 Å². The molecule has 0 aromatic heterocycles. The molecule has 170 valence electrons. The van der Waals surface area contributed by atoms with Gasteiger partial charge in [-0.05, 0) is 90.9 Å². The van der Waals surface area contributed by atoms with Gasteiger partial charge in [0.05, 0.1) is 11.2 Å². The molecule has 1 saturated heterocycles. The van der Waals surface area contributed by atoms with Crippen molar-refractivity contribution in [3.63, 3.8) is 0 Å². The van der Waals surface area contributed by atoms with Gasteiger partial charge in [-0.2, -0.15) is 0 Å². The van der Waals surface area contributed by atoms with E-state index in [-0.39, 0.29) is 18.5 Å². The lowest BCUT2D eigenvalue weighted by Crippen LogP contribution is -2.41. The molecule has 2 fully saturated rings. The van der Waals surface area contributed by atoms with E-state index >= 15 is 0 Å². The normalized spacial score (nSPS) is 20.2. The van der Waals surface area contributed by atoms with Gasteiger partial charge >= 0.3 is 13.2 Å². The highest BCUT2D eigenvalue weighted by Gasteiger charge is 2.51. The standard InChI is InChI=1S/C23H35BN2O5/c1-21(2,3)29-20(28)25-14-15-11-16(19(27)26-18-9-8-10-18)13-17(12-15)24-30-22(4,5)23(6,7)31-24/h11-13,18H,8-10,14H2,1-7H3,(H,25,28)(H,26,27). The molecule has 8 heteroatoms. The molecule has 0 radical (unpaired) electrons. The first kappa shape index (κ1) is 23.6. The number of rotatable bonds is 5. The molecule has 1 aliphatic carbocycles. The summed E-state index contributed by atoms with van der Waals surface area (Å²) in [7, 11) is -0.596. The number of hydrogen-bond donors (Lipinski definition) is 2. The van der Waals surface area contributed by atoms with Crippen LogP contribution in [0.4, 0.5) is 4.79 Å². The number of alkyl carbamates (subject to hydrolysis) is 1. The molecule has 7 nitrogen and oxygen atoms in total. The zero-order valence-corrected chi connectivity index (χ0v) is 19.8. The molecule has 0 unspecified atom stereocenters. The first-order valence-corrected chi connectivity index (χ1v) is 11.0. The van der Waals surface area contributed by atoms with Crippen LogP contribution in [0.5, 0.6) is 0 Å². The number of carbonyl (C=O) groups is 2. The van der Waals surface area contributed by atoms with Crippen molar-refractivity contribution in [2.75, 3.05) is 0 Å². The van der Waals surface area contributed by atoms with Crippen molar-refractivity contribution in [2.24, 2.45) is 0 Å². The summed E-state index contributed by atoms with van der Waals surface area (Å²) >= 11 is 0. The summed E-state index contributed by atoms with van der Waals surface area (Å²) in [6, 6.07) is 5.74. The maximum Gasteiger partial charge on any atom is 0.494 e. The van der Waals surface area contributed by atoms with Gasteiger partial charge in [0.2, 0.25) is 0 Å². The molecular formula is C23H35BN2O5. The zero-order valence-electron chi connectivity index (χ0n) is 19.8. The lowest BCUT2D eigenvalue weighted by Gasteiger charge is -2.32. The quantitative estimate of drug-likeness (QED) is 0.701. The molecule has 3 rings (SSSR count). The van der Waals surface area contributed by atoms with Gasteiger partial charge in [-0.25, -0.2) is 4.79 Å². The van der Waals surface area contributed by atoms with Crippen molar-refractivity contribution in [2.45, 2.75) is 97.1 Å².